The number of nitrogens with zero attached hydrogens (tertiary/aromatic N) is 3. The van der Waals surface area contributed by atoms with Gasteiger partial charge in [0.05, 0.1) is 24.4 Å². The quantitative estimate of drug-likeness (QED) is 0.451. The zero-order chi connectivity index (χ0) is 18.2. The number of anilines is 1. The molecule has 9 heteroatoms. The summed E-state index contributed by atoms with van der Waals surface area (Å²) >= 11 is 0. The van der Waals surface area contributed by atoms with Gasteiger partial charge in [-0.15, -0.1) is 0 Å². The van der Waals surface area contributed by atoms with Crippen molar-refractivity contribution in [3.63, 3.8) is 0 Å². The Morgan fingerprint density at radius 1 is 1.48 bits per heavy atom. The summed E-state index contributed by atoms with van der Waals surface area (Å²) in [6.45, 7) is 5.80. The molecule has 0 saturated carbocycles. The number of rotatable bonds is 7. The summed E-state index contributed by atoms with van der Waals surface area (Å²) in [6.07, 6.45) is 1.35. The minimum absolute atomic E-state index is 0.00315. The number of amides is 1. The van der Waals surface area contributed by atoms with Crippen LogP contribution in [0.5, 0.6) is 0 Å². The summed E-state index contributed by atoms with van der Waals surface area (Å²) in [6, 6.07) is 4.87. The van der Waals surface area contributed by atoms with Crippen LogP contribution in [0.3, 0.4) is 0 Å². The molecule has 0 radical (unpaired) electrons. The summed E-state index contributed by atoms with van der Waals surface area (Å²) in [5.41, 5.74) is 1.08. The number of nitrogens with one attached hydrogen (secondary N) is 1. The second-order valence-electron chi connectivity index (χ2n) is 5.83. The highest BCUT2D eigenvalue weighted by Crippen LogP contribution is 2.29. The lowest BCUT2D eigenvalue weighted by atomic mass is 10.1. The van der Waals surface area contributed by atoms with E-state index in [0.717, 1.165) is 0 Å². The highest BCUT2D eigenvalue weighted by Gasteiger charge is 2.21. The van der Waals surface area contributed by atoms with Gasteiger partial charge in [0.1, 0.15) is 5.69 Å². The van der Waals surface area contributed by atoms with E-state index in [0.29, 0.717) is 37.6 Å². The van der Waals surface area contributed by atoms with Gasteiger partial charge in [0.25, 0.3) is 11.6 Å². The maximum Gasteiger partial charge on any atom is 0.293 e. The molecule has 2 rings (SSSR count). The fourth-order valence-electron chi connectivity index (χ4n) is 2.40. The van der Waals surface area contributed by atoms with Crippen molar-refractivity contribution in [3.8, 4) is 0 Å². The van der Waals surface area contributed by atoms with Crippen LogP contribution >= 0.6 is 0 Å². The molecule has 1 N–H and O–H groups in total. The maximum atomic E-state index is 11.4. The van der Waals surface area contributed by atoms with Gasteiger partial charge in [-0.25, -0.2) is 0 Å². The molecule has 1 aliphatic heterocycles. The van der Waals surface area contributed by atoms with Crippen LogP contribution in [0.2, 0.25) is 0 Å². The van der Waals surface area contributed by atoms with Crippen LogP contribution in [0, 0.1) is 10.1 Å². The monoisotopic (exact) mass is 350 g/mol. The Kier molecular flexibility index (Phi) is 6.70. The van der Waals surface area contributed by atoms with Gasteiger partial charge in [0.15, 0.2) is 6.61 Å². The molecule has 1 amide bonds. The van der Waals surface area contributed by atoms with Gasteiger partial charge in [-0.3, -0.25) is 14.9 Å². The van der Waals surface area contributed by atoms with Crippen molar-refractivity contribution in [2.24, 2.45) is 5.16 Å². The van der Waals surface area contributed by atoms with Gasteiger partial charge in [-0.2, -0.15) is 0 Å². The Hall–Kier alpha value is -2.68. The summed E-state index contributed by atoms with van der Waals surface area (Å²) in [7, 11) is 0. The van der Waals surface area contributed by atoms with E-state index in [-0.39, 0.29) is 24.2 Å². The zero-order valence-electron chi connectivity index (χ0n) is 14.3. The number of benzene rings is 1. The molecule has 1 aromatic rings. The van der Waals surface area contributed by atoms with E-state index in [1.165, 1.54) is 12.3 Å². The number of oxime groups is 1. The van der Waals surface area contributed by atoms with Crippen LogP contribution < -0.4 is 10.2 Å². The second-order valence-corrected chi connectivity index (χ2v) is 5.83. The smallest absolute Gasteiger partial charge is 0.293 e. The van der Waals surface area contributed by atoms with Crippen molar-refractivity contribution in [1.29, 1.82) is 0 Å². The lowest BCUT2D eigenvalue weighted by Crippen LogP contribution is -2.36. The fourth-order valence-corrected chi connectivity index (χ4v) is 2.40. The number of ether oxygens (including phenoxy) is 1. The van der Waals surface area contributed by atoms with Crippen LogP contribution in [0.4, 0.5) is 11.4 Å². The maximum absolute atomic E-state index is 11.4. The van der Waals surface area contributed by atoms with E-state index in [9.17, 15) is 14.9 Å². The molecule has 136 valence electrons. The van der Waals surface area contributed by atoms with E-state index in [1.807, 2.05) is 18.7 Å². The van der Waals surface area contributed by atoms with Crippen molar-refractivity contribution in [3.05, 3.63) is 33.9 Å². The molecule has 1 saturated heterocycles. The number of carbonyl (C=O) groups excluding carboxylic acids is 1. The van der Waals surface area contributed by atoms with E-state index in [4.69, 9.17) is 9.57 Å². The molecule has 1 aliphatic rings. The third-order valence-corrected chi connectivity index (χ3v) is 3.47. The van der Waals surface area contributed by atoms with Crippen molar-refractivity contribution in [2.75, 3.05) is 37.8 Å². The molecule has 0 atom stereocenters. The van der Waals surface area contributed by atoms with Crippen molar-refractivity contribution < 1.29 is 19.3 Å². The predicted octanol–water partition coefficient (Wildman–Crippen LogP) is 1.31. The molecular formula is C16H22N4O5. The Labute approximate surface area is 145 Å². The van der Waals surface area contributed by atoms with E-state index in [2.05, 4.69) is 10.5 Å². The van der Waals surface area contributed by atoms with Gasteiger partial charge in [0, 0.05) is 30.8 Å². The SMILES string of the molecule is CC(C)NC(=O)CO/N=C\c1ccc(N2CCOCC2)c([N+](=O)[O-])c1. The van der Waals surface area contributed by atoms with Gasteiger partial charge in [-0.05, 0) is 19.9 Å². The average Bonchev–Trinajstić information content (AvgIpc) is 2.58. The van der Waals surface area contributed by atoms with Crippen molar-refractivity contribution >= 4 is 23.5 Å². The number of hydrogen-bond acceptors (Lipinski definition) is 7. The summed E-state index contributed by atoms with van der Waals surface area (Å²) in [4.78, 5) is 29.2. The standard InChI is InChI=1S/C16H22N4O5/c1-12(2)18-16(21)11-25-17-10-13-3-4-14(15(9-13)20(22)23)19-5-7-24-8-6-19/h3-4,9-10,12H,5-8,11H2,1-2H3,(H,18,21)/b17-10-. The molecule has 25 heavy (non-hydrogen) atoms. The van der Waals surface area contributed by atoms with E-state index < -0.39 is 4.92 Å². The second kappa shape index (κ2) is 8.97. The average molecular weight is 350 g/mol. The van der Waals surface area contributed by atoms with Gasteiger partial charge >= 0.3 is 0 Å². The first-order valence-electron chi connectivity index (χ1n) is 8.03. The van der Waals surface area contributed by atoms with Gasteiger partial charge in [0.2, 0.25) is 0 Å². The first-order valence-corrected chi connectivity index (χ1v) is 8.03. The zero-order valence-corrected chi connectivity index (χ0v) is 14.3. The normalized spacial score (nSPS) is 14.8. The van der Waals surface area contributed by atoms with Gasteiger partial charge < -0.3 is 19.8 Å². The number of nitro groups is 1. The molecule has 0 aromatic heterocycles. The van der Waals surface area contributed by atoms with Gasteiger partial charge in [-0.1, -0.05) is 11.2 Å². The first kappa shape index (κ1) is 18.7. The van der Waals surface area contributed by atoms with Crippen molar-refractivity contribution in [2.45, 2.75) is 19.9 Å². The number of carbonyl (C=O) groups is 1. The first-order chi connectivity index (χ1) is 12.0. The molecule has 0 unspecified atom stereocenters. The molecule has 0 spiro atoms. The summed E-state index contributed by atoms with van der Waals surface area (Å²) in [5, 5.41) is 17.7. The summed E-state index contributed by atoms with van der Waals surface area (Å²) in [5.74, 6) is -0.277. The van der Waals surface area contributed by atoms with E-state index in [1.54, 1.807) is 12.1 Å². The Balaban J connectivity index is 2.02. The Morgan fingerprint density at radius 2 is 2.20 bits per heavy atom. The molecule has 0 bridgehead atoms. The molecule has 1 fully saturated rings. The topological polar surface area (TPSA) is 106 Å². The summed E-state index contributed by atoms with van der Waals surface area (Å²) < 4.78 is 5.27. The number of morpholine rings is 1. The van der Waals surface area contributed by atoms with Crippen molar-refractivity contribution in [1.82, 2.24) is 5.32 Å². The highest BCUT2D eigenvalue weighted by atomic mass is 16.6. The van der Waals surface area contributed by atoms with Crippen LogP contribution in [-0.2, 0) is 14.4 Å². The number of hydrogen-bond donors (Lipinski definition) is 1. The molecule has 0 aliphatic carbocycles. The minimum atomic E-state index is -0.418. The lowest BCUT2D eigenvalue weighted by molar-refractivity contribution is -0.384. The Morgan fingerprint density at radius 3 is 2.84 bits per heavy atom. The molecular weight excluding hydrogens is 328 g/mol. The third-order valence-electron chi connectivity index (χ3n) is 3.47. The molecule has 1 heterocycles. The molecule has 9 nitrogen and oxygen atoms in total. The van der Waals surface area contributed by atoms with E-state index >= 15 is 0 Å². The van der Waals surface area contributed by atoms with Crippen LogP contribution in [-0.4, -0.2) is 56.0 Å². The fraction of sp³-hybridized carbons (Fsp3) is 0.500. The largest absolute Gasteiger partial charge is 0.386 e. The Bertz CT molecular complexity index is 641. The van der Waals surface area contributed by atoms with Crippen LogP contribution in [0.15, 0.2) is 23.4 Å². The minimum Gasteiger partial charge on any atom is -0.386 e. The predicted molar refractivity (Wildman–Crippen MR) is 93.0 cm³/mol. The van der Waals surface area contributed by atoms with Crippen LogP contribution in [0.25, 0.3) is 0 Å². The van der Waals surface area contributed by atoms with Crippen LogP contribution in [0.1, 0.15) is 19.4 Å². The highest BCUT2D eigenvalue weighted by molar-refractivity contribution is 5.83. The molecule has 1 aromatic carbocycles. The third kappa shape index (κ3) is 5.71. The lowest BCUT2D eigenvalue weighted by Gasteiger charge is -2.28. The number of nitro benzene ring substituents is 1.